The number of halogens is 2. The Morgan fingerprint density at radius 3 is 2.40 bits per heavy atom. The van der Waals surface area contributed by atoms with Crippen molar-refractivity contribution >= 4 is 33.2 Å². The molecule has 0 unspecified atom stereocenters. The summed E-state index contributed by atoms with van der Waals surface area (Å²) in [5.41, 5.74) is 1.15. The molecule has 0 aromatic heterocycles. The molecule has 8 heteroatoms. The van der Waals surface area contributed by atoms with Crippen LogP contribution >= 0.6 is 23.2 Å². The summed E-state index contributed by atoms with van der Waals surface area (Å²) < 4.78 is 38.1. The zero-order valence-corrected chi connectivity index (χ0v) is 16.4. The zero-order valence-electron chi connectivity index (χ0n) is 14.0. The van der Waals surface area contributed by atoms with Crippen LogP contribution in [0, 0.1) is 0 Å². The van der Waals surface area contributed by atoms with E-state index in [-0.39, 0.29) is 5.75 Å². The third-order valence-electron chi connectivity index (χ3n) is 3.62. The van der Waals surface area contributed by atoms with Crippen LogP contribution < -0.4 is 14.2 Å². The van der Waals surface area contributed by atoms with E-state index in [2.05, 4.69) is 4.72 Å². The summed E-state index contributed by atoms with van der Waals surface area (Å²) in [5.74, 6) is 0.933. The van der Waals surface area contributed by atoms with E-state index in [1.54, 1.807) is 44.4 Å². The summed E-state index contributed by atoms with van der Waals surface area (Å²) in [4.78, 5) is 0. The maximum absolute atomic E-state index is 12.5. The van der Waals surface area contributed by atoms with E-state index in [0.29, 0.717) is 32.7 Å². The molecule has 2 aromatic rings. The van der Waals surface area contributed by atoms with Crippen LogP contribution in [0.5, 0.6) is 11.5 Å². The van der Waals surface area contributed by atoms with Gasteiger partial charge in [0, 0.05) is 21.7 Å². The average Bonchev–Trinajstić information content (AvgIpc) is 2.56. The van der Waals surface area contributed by atoms with E-state index in [1.807, 2.05) is 0 Å². The lowest BCUT2D eigenvalue weighted by atomic mass is 10.1. The molecular weight excluding hydrogens is 385 g/mol. The maximum atomic E-state index is 12.5. The number of sulfonamides is 1. The first-order valence-corrected chi connectivity index (χ1v) is 9.82. The maximum Gasteiger partial charge on any atom is 0.216 e. The smallest absolute Gasteiger partial charge is 0.216 e. The molecule has 2 rings (SSSR count). The number of hydrogen-bond acceptors (Lipinski definition) is 4. The van der Waals surface area contributed by atoms with Crippen molar-refractivity contribution in [2.45, 2.75) is 18.7 Å². The van der Waals surface area contributed by atoms with Gasteiger partial charge in [0.1, 0.15) is 11.5 Å². The number of methoxy groups -OCH3 is 2. The first-order chi connectivity index (χ1) is 11.8. The molecule has 0 aliphatic heterocycles. The van der Waals surface area contributed by atoms with Gasteiger partial charge >= 0.3 is 0 Å². The fourth-order valence-corrected chi connectivity index (χ4v) is 4.36. The highest BCUT2D eigenvalue weighted by Crippen LogP contribution is 2.30. The zero-order chi connectivity index (χ0) is 18.6. The summed E-state index contributed by atoms with van der Waals surface area (Å²) in [6, 6.07) is 9.42. The van der Waals surface area contributed by atoms with Crippen molar-refractivity contribution in [3.8, 4) is 11.5 Å². The van der Waals surface area contributed by atoms with Gasteiger partial charge in [0.25, 0.3) is 0 Å². The van der Waals surface area contributed by atoms with E-state index >= 15 is 0 Å². The van der Waals surface area contributed by atoms with Gasteiger partial charge in [-0.15, -0.1) is 0 Å². The summed E-state index contributed by atoms with van der Waals surface area (Å²) in [5, 5.41) is 0.762. The van der Waals surface area contributed by atoms with Gasteiger partial charge in [-0.05, 0) is 42.8 Å². The van der Waals surface area contributed by atoms with Crippen molar-refractivity contribution < 1.29 is 17.9 Å². The SMILES string of the molecule is COc1ccc(OC)c([C@H](C)NS(=O)(=O)Cc2ccc(Cl)cc2Cl)c1. The van der Waals surface area contributed by atoms with Gasteiger partial charge in [-0.1, -0.05) is 29.3 Å². The lowest BCUT2D eigenvalue weighted by Gasteiger charge is -2.18. The first-order valence-electron chi connectivity index (χ1n) is 7.41. The van der Waals surface area contributed by atoms with Crippen molar-refractivity contribution in [2.24, 2.45) is 0 Å². The van der Waals surface area contributed by atoms with Crippen LogP contribution in [0.15, 0.2) is 36.4 Å². The second kappa shape index (κ2) is 8.27. The molecule has 5 nitrogen and oxygen atoms in total. The Kier molecular flexibility index (Phi) is 6.57. The number of benzene rings is 2. The highest BCUT2D eigenvalue weighted by molar-refractivity contribution is 7.88. The Morgan fingerprint density at radius 2 is 1.80 bits per heavy atom. The monoisotopic (exact) mass is 403 g/mol. The molecule has 136 valence electrons. The molecule has 0 aliphatic carbocycles. The van der Waals surface area contributed by atoms with E-state index in [1.165, 1.54) is 13.2 Å². The minimum Gasteiger partial charge on any atom is -0.497 e. The Morgan fingerprint density at radius 1 is 1.08 bits per heavy atom. The molecule has 2 aromatic carbocycles. The topological polar surface area (TPSA) is 64.6 Å². The minimum absolute atomic E-state index is 0.250. The second-order valence-electron chi connectivity index (χ2n) is 5.44. The van der Waals surface area contributed by atoms with Crippen LogP contribution in [0.1, 0.15) is 24.1 Å². The number of nitrogens with one attached hydrogen (secondary N) is 1. The molecule has 0 aliphatic rings. The predicted molar refractivity (Wildman–Crippen MR) is 100 cm³/mol. The van der Waals surface area contributed by atoms with E-state index in [4.69, 9.17) is 32.7 Å². The van der Waals surface area contributed by atoms with E-state index < -0.39 is 16.1 Å². The average molecular weight is 404 g/mol. The number of rotatable bonds is 7. The lowest BCUT2D eigenvalue weighted by molar-refractivity contribution is 0.395. The van der Waals surface area contributed by atoms with Gasteiger partial charge in [-0.2, -0.15) is 0 Å². The van der Waals surface area contributed by atoms with Gasteiger partial charge in [-0.3, -0.25) is 0 Å². The van der Waals surface area contributed by atoms with Crippen molar-refractivity contribution in [1.82, 2.24) is 4.72 Å². The van der Waals surface area contributed by atoms with Gasteiger partial charge in [0.05, 0.1) is 20.0 Å². The Balaban J connectivity index is 2.22. The fraction of sp³-hybridized carbons (Fsp3) is 0.294. The molecule has 0 fully saturated rings. The van der Waals surface area contributed by atoms with Gasteiger partial charge in [0.2, 0.25) is 10.0 Å². The molecule has 0 bridgehead atoms. The molecule has 0 spiro atoms. The highest BCUT2D eigenvalue weighted by atomic mass is 35.5. The molecule has 0 saturated carbocycles. The van der Waals surface area contributed by atoms with E-state index in [9.17, 15) is 8.42 Å². The first kappa shape index (κ1) is 19.8. The summed E-state index contributed by atoms with van der Waals surface area (Å²) in [7, 11) is -0.563. The molecule has 0 heterocycles. The molecule has 1 atom stereocenters. The van der Waals surface area contributed by atoms with Crippen molar-refractivity contribution in [3.63, 3.8) is 0 Å². The van der Waals surface area contributed by atoms with Gasteiger partial charge in [-0.25, -0.2) is 13.1 Å². The Hall–Kier alpha value is -1.47. The largest absolute Gasteiger partial charge is 0.497 e. The Bertz CT molecular complexity index is 856. The van der Waals surface area contributed by atoms with Crippen LogP contribution in [-0.4, -0.2) is 22.6 Å². The number of hydrogen-bond donors (Lipinski definition) is 1. The quantitative estimate of drug-likeness (QED) is 0.752. The van der Waals surface area contributed by atoms with Gasteiger partial charge in [0.15, 0.2) is 0 Å². The summed E-state index contributed by atoms with van der Waals surface area (Å²) >= 11 is 11.9. The van der Waals surface area contributed by atoms with Crippen LogP contribution in [0.25, 0.3) is 0 Å². The standard InChI is InChI=1S/C17H19Cl2NO4S/c1-11(15-9-14(23-2)6-7-17(15)24-3)20-25(21,22)10-12-4-5-13(18)8-16(12)19/h4-9,11,20H,10H2,1-3H3/t11-/m0/s1. The van der Waals surface area contributed by atoms with Gasteiger partial charge < -0.3 is 9.47 Å². The molecule has 25 heavy (non-hydrogen) atoms. The van der Waals surface area contributed by atoms with Crippen LogP contribution in [0.3, 0.4) is 0 Å². The van der Waals surface area contributed by atoms with Crippen LogP contribution in [0.4, 0.5) is 0 Å². The van der Waals surface area contributed by atoms with Crippen molar-refractivity contribution in [3.05, 3.63) is 57.6 Å². The minimum atomic E-state index is -3.64. The summed E-state index contributed by atoms with van der Waals surface area (Å²) in [6.45, 7) is 1.73. The van der Waals surface area contributed by atoms with Crippen molar-refractivity contribution in [1.29, 1.82) is 0 Å². The molecule has 0 saturated heterocycles. The second-order valence-corrected chi connectivity index (χ2v) is 8.04. The molecular formula is C17H19Cl2NO4S. The fourth-order valence-electron chi connectivity index (χ4n) is 2.40. The Labute approximate surface area is 157 Å². The highest BCUT2D eigenvalue weighted by Gasteiger charge is 2.21. The lowest BCUT2D eigenvalue weighted by Crippen LogP contribution is -2.28. The predicted octanol–water partition coefficient (Wildman–Crippen LogP) is 4.19. The molecule has 1 N–H and O–H groups in total. The molecule has 0 radical (unpaired) electrons. The normalized spacial score (nSPS) is 12.7. The summed E-state index contributed by atoms with van der Waals surface area (Å²) in [6.07, 6.45) is 0. The third kappa shape index (κ3) is 5.25. The van der Waals surface area contributed by atoms with Crippen LogP contribution in [0.2, 0.25) is 10.0 Å². The molecule has 0 amide bonds. The van der Waals surface area contributed by atoms with Crippen molar-refractivity contribution in [2.75, 3.05) is 14.2 Å². The third-order valence-corrected chi connectivity index (χ3v) is 5.61. The number of ether oxygens (including phenoxy) is 2. The van der Waals surface area contributed by atoms with Crippen LogP contribution in [-0.2, 0) is 15.8 Å². The van der Waals surface area contributed by atoms with E-state index in [0.717, 1.165) is 0 Å².